The van der Waals surface area contributed by atoms with Crippen molar-refractivity contribution in [3.63, 3.8) is 0 Å². The molecule has 7 nitrogen and oxygen atoms in total. The van der Waals surface area contributed by atoms with Gasteiger partial charge < -0.3 is 14.2 Å². The molecule has 7 heteroatoms. The molecule has 0 bridgehead atoms. The van der Waals surface area contributed by atoms with Gasteiger partial charge in [0.05, 0.1) is 17.9 Å². The van der Waals surface area contributed by atoms with E-state index in [1.54, 1.807) is 37.9 Å². The van der Waals surface area contributed by atoms with Crippen molar-refractivity contribution >= 4 is 11.9 Å². The summed E-state index contributed by atoms with van der Waals surface area (Å²) in [6.45, 7) is 4.27. The van der Waals surface area contributed by atoms with E-state index in [-0.39, 0.29) is 5.91 Å². The van der Waals surface area contributed by atoms with Crippen LogP contribution in [0.4, 0.5) is 0 Å². The number of nitrogens with zero attached hydrogens (tertiary/aromatic N) is 3. The van der Waals surface area contributed by atoms with E-state index in [0.29, 0.717) is 36.5 Å². The zero-order chi connectivity index (χ0) is 21.5. The molecule has 2 aromatic heterocycles. The number of ether oxygens (including phenoxy) is 1. The van der Waals surface area contributed by atoms with E-state index in [1.165, 1.54) is 0 Å². The lowest BCUT2D eigenvalue weighted by molar-refractivity contribution is 0.0524. The Balaban J connectivity index is 1.54. The number of rotatable bonds is 8. The van der Waals surface area contributed by atoms with Crippen LogP contribution in [-0.2, 0) is 11.2 Å². The topological polar surface area (TPSA) is 85.5 Å². The van der Waals surface area contributed by atoms with E-state index in [4.69, 9.17) is 9.26 Å². The lowest BCUT2D eigenvalue weighted by Gasteiger charge is -2.17. The highest BCUT2D eigenvalue weighted by atomic mass is 16.5. The quantitative estimate of drug-likeness (QED) is 0.526. The lowest BCUT2D eigenvalue weighted by atomic mass is 10.1. The smallest absolute Gasteiger partial charge is 0.339 e. The number of aryl methyl sites for hydroxylation is 2. The molecule has 0 saturated heterocycles. The molecule has 0 saturated carbocycles. The molecule has 0 fully saturated rings. The molecule has 0 aliphatic heterocycles. The number of pyridine rings is 1. The average Bonchev–Trinajstić information content (AvgIpc) is 3.22. The summed E-state index contributed by atoms with van der Waals surface area (Å²) in [6, 6.07) is 14.9. The Morgan fingerprint density at radius 1 is 1.13 bits per heavy atom. The predicted molar refractivity (Wildman–Crippen MR) is 112 cm³/mol. The third-order valence-corrected chi connectivity index (χ3v) is 4.69. The summed E-state index contributed by atoms with van der Waals surface area (Å²) in [6.07, 6.45) is 1.40. The van der Waals surface area contributed by atoms with Gasteiger partial charge in [-0.1, -0.05) is 35.5 Å². The van der Waals surface area contributed by atoms with Crippen molar-refractivity contribution < 1.29 is 18.8 Å². The number of esters is 1. The van der Waals surface area contributed by atoms with E-state index in [9.17, 15) is 9.59 Å². The summed E-state index contributed by atoms with van der Waals surface area (Å²) in [7, 11) is 1.73. The van der Waals surface area contributed by atoms with Gasteiger partial charge in [0.1, 0.15) is 17.1 Å². The van der Waals surface area contributed by atoms with E-state index in [2.05, 4.69) is 10.1 Å². The molecule has 2 heterocycles. The fourth-order valence-corrected chi connectivity index (χ4v) is 3.07. The number of aromatic nitrogens is 2. The van der Waals surface area contributed by atoms with Crippen molar-refractivity contribution in [1.82, 2.24) is 15.0 Å². The summed E-state index contributed by atoms with van der Waals surface area (Å²) < 4.78 is 10.4. The van der Waals surface area contributed by atoms with Crippen LogP contribution < -0.4 is 0 Å². The van der Waals surface area contributed by atoms with Crippen LogP contribution in [0.3, 0.4) is 0 Å². The Hall–Kier alpha value is -3.48. The number of amides is 1. The van der Waals surface area contributed by atoms with Crippen molar-refractivity contribution in [2.45, 2.75) is 26.7 Å². The van der Waals surface area contributed by atoms with Gasteiger partial charge >= 0.3 is 5.97 Å². The number of benzene rings is 1. The van der Waals surface area contributed by atoms with Gasteiger partial charge in [-0.3, -0.25) is 4.79 Å². The summed E-state index contributed by atoms with van der Waals surface area (Å²) in [5, 5.41) is 4.11. The van der Waals surface area contributed by atoms with Crippen molar-refractivity contribution in [3.8, 4) is 11.3 Å². The standard InChI is InChI=1S/C23H25N3O4/c1-4-29-23(28)19-12-13-20(24-16(19)2)22(27)26(3)14-8-11-18-15-21(25-30-18)17-9-6-5-7-10-17/h5-7,9-10,12-13,15H,4,8,11,14H2,1-3H3. The monoisotopic (exact) mass is 407 g/mol. The third-order valence-electron chi connectivity index (χ3n) is 4.69. The molecule has 30 heavy (non-hydrogen) atoms. The van der Waals surface area contributed by atoms with Crippen LogP contribution in [0.15, 0.2) is 53.1 Å². The largest absolute Gasteiger partial charge is 0.462 e. The number of carbonyl (C=O) groups excluding carboxylic acids is 2. The molecule has 3 aromatic rings. The van der Waals surface area contributed by atoms with Crippen LogP contribution in [-0.4, -0.2) is 47.1 Å². The Morgan fingerprint density at radius 2 is 1.90 bits per heavy atom. The van der Waals surface area contributed by atoms with Crippen molar-refractivity contribution in [3.05, 3.63) is 71.2 Å². The second kappa shape index (κ2) is 9.82. The minimum absolute atomic E-state index is 0.198. The van der Waals surface area contributed by atoms with Gasteiger partial charge in [-0.2, -0.15) is 0 Å². The van der Waals surface area contributed by atoms with Gasteiger partial charge in [-0.15, -0.1) is 0 Å². The fraction of sp³-hybridized carbons (Fsp3) is 0.304. The summed E-state index contributed by atoms with van der Waals surface area (Å²) in [5.74, 6) is 0.148. The van der Waals surface area contributed by atoms with Gasteiger partial charge in [0.2, 0.25) is 0 Å². The average molecular weight is 407 g/mol. The van der Waals surface area contributed by atoms with Crippen LogP contribution in [0.5, 0.6) is 0 Å². The van der Waals surface area contributed by atoms with E-state index < -0.39 is 5.97 Å². The second-order valence-electron chi connectivity index (χ2n) is 6.92. The van der Waals surface area contributed by atoms with Gasteiger partial charge in [0.25, 0.3) is 5.91 Å². The predicted octanol–water partition coefficient (Wildman–Crippen LogP) is 3.93. The Bertz CT molecular complexity index is 1010. The first-order valence-corrected chi connectivity index (χ1v) is 9.90. The highest BCUT2D eigenvalue weighted by Crippen LogP contribution is 2.19. The molecule has 0 N–H and O–H groups in total. The molecule has 0 radical (unpaired) electrons. The molecule has 1 aromatic carbocycles. The molecule has 0 unspecified atom stereocenters. The zero-order valence-corrected chi connectivity index (χ0v) is 17.4. The molecule has 0 atom stereocenters. The van der Waals surface area contributed by atoms with Gasteiger partial charge in [0.15, 0.2) is 0 Å². The van der Waals surface area contributed by atoms with Crippen LogP contribution in [0.25, 0.3) is 11.3 Å². The Morgan fingerprint density at radius 3 is 2.60 bits per heavy atom. The summed E-state index contributed by atoms with van der Waals surface area (Å²) in [4.78, 5) is 30.4. The SMILES string of the molecule is CCOC(=O)c1ccc(C(=O)N(C)CCCc2cc(-c3ccccc3)no2)nc1C. The maximum atomic E-state index is 12.6. The molecular weight excluding hydrogens is 382 g/mol. The normalized spacial score (nSPS) is 10.6. The molecule has 0 aliphatic carbocycles. The van der Waals surface area contributed by atoms with Crippen LogP contribution in [0.1, 0.15) is 45.6 Å². The number of hydrogen-bond acceptors (Lipinski definition) is 6. The Labute approximate surface area is 175 Å². The third kappa shape index (κ3) is 5.11. The van der Waals surface area contributed by atoms with Crippen molar-refractivity contribution in [1.29, 1.82) is 0 Å². The second-order valence-corrected chi connectivity index (χ2v) is 6.92. The minimum Gasteiger partial charge on any atom is -0.462 e. The van der Waals surface area contributed by atoms with Crippen LogP contribution in [0.2, 0.25) is 0 Å². The number of carbonyl (C=O) groups is 2. The van der Waals surface area contributed by atoms with Crippen molar-refractivity contribution in [2.75, 3.05) is 20.2 Å². The van der Waals surface area contributed by atoms with Gasteiger partial charge in [0, 0.05) is 31.6 Å². The first-order valence-electron chi connectivity index (χ1n) is 9.90. The molecule has 156 valence electrons. The van der Waals surface area contributed by atoms with Gasteiger partial charge in [-0.05, 0) is 32.4 Å². The molecular formula is C23H25N3O4. The van der Waals surface area contributed by atoms with Crippen LogP contribution >= 0.6 is 0 Å². The maximum absolute atomic E-state index is 12.6. The molecule has 1 amide bonds. The molecule has 0 aliphatic rings. The molecule has 3 rings (SSSR count). The van der Waals surface area contributed by atoms with E-state index >= 15 is 0 Å². The Kier molecular flexibility index (Phi) is 6.95. The van der Waals surface area contributed by atoms with Crippen molar-refractivity contribution in [2.24, 2.45) is 0 Å². The van der Waals surface area contributed by atoms with E-state index in [0.717, 1.165) is 23.4 Å². The maximum Gasteiger partial charge on any atom is 0.339 e. The minimum atomic E-state index is -0.434. The van der Waals surface area contributed by atoms with Gasteiger partial charge in [-0.25, -0.2) is 9.78 Å². The van der Waals surface area contributed by atoms with E-state index in [1.807, 2.05) is 36.4 Å². The first kappa shape index (κ1) is 21.2. The fourth-order valence-electron chi connectivity index (χ4n) is 3.07. The summed E-state index contributed by atoms with van der Waals surface area (Å²) in [5.41, 5.74) is 2.95. The number of hydrogen-bond donors (Lipinski definition) is 0. The highest BCUT2D eigenvalue weighted by Gasteiger charge is 2.17. The lowest BCUT2D eigenvalue weighted by Crippen LogP contribution is -2.29. The van der Waals surface area contributed by atoms with Crippen LogP contribution in [0, 0.1) is 6.92 Å². The zero-order valence-electron chi connectivity index (χ0n) is 17.4. The summed E-state index contributed by atoms with van der Waals surface area (Å²) >= 11 is 0. The first-order chi connectivity index (χ1) is 14.5. The molecule has 0 spiro atoms. The highest BCUT2D eigenvalue weighted by molar-refractivity contribution is 5.94.